The van der Waals surface area contributed by atoms with Crippen LogP contribution in [0.25, 0.3) is 0 Å². The van der Waals surface area contributed by atoms with Crippen LogP contribution in [0.5, 0.6) is 0 Å². The molecule has 25 heavy (non-hydrogen) atoms. The van der Waals surface area contributed by atoms with Crippen molar-refractivity contribution in [2.75, 3.05) is 6.54 Å². The maximum Gasteiger partial charge on any atom is 0.235 e. The third-order valence-electron chi connectivity index (χ3n) is 4.21. The number of carbonyl (C=O) groups is 2. The minimum atomic E-state index is -1.11. The van der Waals surface area contributed by atoms with E-state index < -0.39 is 5.41 Å². The Bertz CT molecular complexity index is 724. The number of rotatable bonds is 7. The molecule has 2 aromatic carbocycles. The second-order valence-corrected chi connectivity index (χ2v) is 6.79. The fraction of sp³-hybridized carbons (Fsp3) is 0.333. The first kappa shape index (κ1) is 18.7. The van der Waals surface area contributed by atoms with Crippen LogP contribution >= 0.6 is 0 Å². The van der Waals surface area contributed by atoms with E-state index in [0.717, 1.165) is 23.1 Å². The highest BCUT2D eigenvalue weighted by molar-refractivity contribution is 6.04. The summed E-state index contributed by atoms with van der Waals surface area (Å²) in [6.07, 6.45) is 0.744. The van der Waals surface area contributed by atoms with Crippen LogP contribution in [-0.2, 0) is 22.6 Å². The molecule has 0 fully saturated rings. The smallest absolute Gasteiger partial charge is 0.235 e. The second-order valence-electron chi connectivity index (χ2n) is 6.79. The van der Waals surface area contributed by atoms with Gasteiger partial charge in [0.2, 0.25) is 11.8 Å². The summed E-state index contributed by atoms with van der Waals surface area (Å²) in [5, 5.41) is 5.72. The lowest BCUT2D eigenvalue weighted by molar-refractivity contribution is -0.141. The molecule has 0 bridgehead atoms. The highest BCUT2D eigenvalue weighted by Crippen LogP contribution is 2.16. The van der Waals surface area contributed by atoms with Gasteiger partial charge in [0.05, 0.1) is 0 Å². The first-order chi connectivity index (χ1) is 11.9. The molecule has 0 heterocycles. The van der Waals surface area contributed by atoms with Crippen molar-refractivity contribution in [3.8, 4) is 0 Å². The van der Waals surface area contributed by atoms with Crippen LogP contribution in [0.2, 0.25) is 0 Å². The molecule has 2 rings (SSSR count). The molecular weight excluding hydrogens is 312 g/mol. The van der Waals surface area contributed by atoms with E-state index in [0.29, 0.717) is 13.1 Å². The Morgan fingerprint density at radius 2 is 1.52 bits per heavy atom. The molecule has 0 saturated heterocycles. The Kier molecular flexibility index (Phi) is 6.34. The molecule has 0 aliphatic rings. The number of carbonyl (C=O) groups excluding carboxylic acids is 2. The lowest BCUT2D eigenvalue weighted by Gasteiger charge is -2.23. The molecule has 2 N–H and O–H groups in total. The van der Waals surface area contributed by atoms with E-state index in [2.05, 4.69) is 10.6 Å². The van der Waals surface area contributed by atoms with Crippen molar-refractivity contribution in [1.82, 2.24) is 10.6 Å². The zero-order valence-corrected chi connectivity index (χ0v) is 15.1. The molecule has 132 valence electrons. The van der Waals surface area contributed by atoms with Crippen molar-refractivity contribution in [2.45, 2.75) is 33.7 Å². The predicted molar refractivity (Wildman–Crippen MR) is 100.0 cm³/mol. The van der Waals surface area contributed by atoms with Crippen LogP contribution in [0.3, 0.4) is 0 Å². The van der Waals surface area contributed by atoms with Crippen LogP contribution in [0.15, 0.2) is 54.6 Å². The molecule has 0 atom stereocenters. The van der Waals surface area contributed by atoms with Gasteiger partial charge in [0, 0.05) is 13.1 Å². The fourth-order valence-electron chi connectivity index (χ4n) is 2.51. The molecule has 2 amide bonds. The van der Waals surface area contributed by atoms with Crippen molar-refractivity contribution in [2.24, 2.45) is 5.41 Å². The van der Waals surface area contributed by atoms with E-state index in [1.54, 1.807) is 13.8 Å². The van der Waals surface area contributed by atoms with E-state index in [4.69, 9.17) is 0 Å². The SMILES string of the molecule is Cc1cccc(CNC(=O)C(C)(C)C(=O)NCCc2ccccc2)c1. The van der Waals surface area contributed by atoms with Crippen molar-refractivity contribution in [3.63, 3.8) is 0 Å². The van der Waals surface area contributed by atoms with Crippen molar-refractivity contribution in [1.29, 1.82) is 0 Å². The number of nitrogens with one attached hydrogen (secondary N) is 2. The summed E-state index contributed by atoms with van der Waals surface area (Å²) < 4.78 is 0. The maximum atomic E-state index is 12.4. The van der Waals surface area contributed by atoms with E-state index in [1.165, 1.54) is 0 Å². The molecule has 0 spiro atoms. The van der Waals surface area contributed by atoms with E-state index in [1.807, 2.05) is 61.5 Å². The van der Waals surface area contributed by atoms with Crippen molar-refractivity contribution < 1.29 is 9.59 Å². The molecule has 0 saturated carbocycles. The van der Waals surface area contributed by atoms with Gasteiger partial charge in [-0.3, -0.25) is 9.59 Å². The van der Waals surface area contributed by atoms with Gasteiger partial charge in [0.25, 0.3) is 0 Å². The second kappa shape index (κ2) is 8.47. The van der Waals surface area contributed by atoms with Crippen LogP contribution in [0, 0.1) is 12.3 Å². The monoisotopic (exact) mass is 338 g/mol. The van der Waals surface area contributed by atoms with E-state index in [-0.39, 0.29) is 11.8 Å². The standard InChI is InChI=1S/C21H26N2O2/c1-16-8-7-11-18(14-16)15-23-20(25)21(2,3)19(24)22-13-12-17-9-5-4-6-10-17/h4-11,14H,12-13,15H2,1-3H3,(H,22,24)(H,23,25). The van der Waals surface area contributed by atoms with Gasteiger partial charge < -0.3 is 10.6 Å². The molecule has 4 nitrogen and oxygen atoms in total. The highest BCUT2D eigenvalue weighted by Gasteiger charge is 2.35. The van der Waals surface area contributed by atoms with Crippen LogP contribution in [0.4, 0.5) is 0 Å². The van der Waals surface area contributed by atoms with Gasteiger partial charge in [-0.2, -0.15) is 0 Å². The molecule has 0 aliphatic heterocycles. The summed E-state index contributed by atoms with van der Waals surface area (Å²) >= 11 is 0. The zero-order chi connectivity index (χ0) is 18.3. The zero-order valence-electron chi connectivity index (χ0n) is 15.1. The van der Waals surface area contributed by atoms with Gasteiger partial charge in [0.1, 0.15) is 5.41 Å². The molecule has 0 aromatic heterocycles. The van der Waals surface area contributed by atoms with Crippen molar-refractivity contribution in [3.05, 3.63) is 71.3 Å². The summed E-state index contributed by atoms with van der Waals surface area (Å²) in [5.74, 6) is -0.531. The maximum absolute atomic E-state index is 12.4. The third-order valence-corrected chi connectivity index (χ3v) is 4.21. The number of benzene rings is 2. The lowest BCUT2D eigenvalue weighted by Crippen LogP contribution is -2.48. The average molecular weight is 338 g/mol. The number of hydrogen-bond acceptors (Lipinski definition) is 2. The minimum Gasteiger partial charge on any atom is -0.355 e. The number of aryl methyl sites for hydroxylation is 1. The summed E-state index contributed by atoms with van der Waals surface area (Å²) in [7, 11) is 0. The highest BCUT2D eigenvalue weighted by atomic mass is 16.2. The van der Waals surface area contributed by atoms with Gasteiger partial charge in [0.15, 0.2) is 0 Å². The number of hydrogen-bond donors (Lipinski definition) is 2. The molecule has 0 unspecified atom stereocenters. The first-order valence-electron chi connectivity index (χ1n) is 8.55. The molecular formula is C21H26N2O2. The predicted octanol–water partition coefficient (Wildman–Crippen LogP) is 3.00. The molecule has 0 aliphatic carbocycles. The van der Waals surface area contributed by atoms with E-state index >= 15 is 0 Å². The Morgan fingerprint density at radius 1 is 0.880 bits per heavy atom. The Morgan fingerprint density at radius 3 is 2.20 bits per heavy atom. The molecule has 2 aromatic rings. The van der Waals surface area contributed by atoms with Gasteiger partial charge in [-0.25, -0.2) is 0 Å². The van der Waals surface area contributed by atoms with Crippen LogP contribution in [-0.4, -0.2) is 18.4 Å². The first-order valence-corrected chi connectivity index (χ1v) is 8.55. The molecule has 0 radical (unpaired) electrons. The summed E-state index contributed by atoms with van der Waals surface area (Å²) in [6, 6.07) is 17.9. The summed E-state index contributed by atoms with van der Waals surface area (Å²) in [6.45, 7) is 6.24. The van der Waals surface area contributed by atoms with Crippen LogP contribution < -0.4 is 10.6 Å². The quantitative estimate of drug-likeness (QED) is 0.763. The van der Waals surface area contributed by atoms with Gasteiger partial charge in [-0.05, 0) is 38.3 Å². The minimum absolute atomic E-state index is 0.259. The lowest BCUT2D eigenvalue weighted by atomic mass is 9.91. The molecule has 4 heteroatoms. The largest absolute Gasteiger partial charge is 0.355 e. The topological polar surface area (TPSA) is 58.2 Å². The van der Waals surface area contributed by atoms with Gasteiger partial charge in [-0.1, -0.05) is 60.2 Å². The number of amides is 2. The van der Waals surface area contributed by atoms with Gasteiger partial charge in [-0.15, -0.1) is 0 Å². The van der Waals surface area contributed by atoms with Crippen molar-refractivity contribution >= 4 is 11.8 Å². The average Bonchev–Trinajstić information content (AvgIpc) is 2.60. The fourth-order valence-corrected chi connectivity index (χ4v) is 2.51. The summed E-state index contributed by atoms with van der Waals surface area (Å²) in [4.78, 5) is 24.8. The summed E-state index contributed by atoms with van der Waals surface area (Å²) in [5.41, 5.74) is 2.21. The third kappa shape index (κ3) is 5.45. The van der Waals surface area contributed by atoms with Crippen LogP contribution in [0.1, 0.15) is 30.5 Å². The Labute approximate surface area is 149 Å². The Hall–Kier alpha value is -2.62. The van der Waals surface area contributed by atoms with Gasteiger partial charge >= 0.3 is 0 Å². The van der Waals surface area contributed by atoms with E-state index in [9.17, 15) is 9.59 Å². The Balaban J connectivity index is 1.83. The normalized spacial score (nSPS) is 11.0.